The molecule has 1 N–H and O–H groups in total. The Balaban J connectivity index is 1.38. The number of hydrogen-bond acceptors (Lipinski definition) is 2. The van der Waals surface area contributed by atoms with Gasteiger partial charge in [-0.05, 0) is 69.3 Å². The fourth-order valence-corrected chi connectivity index (χ4v) is 4.01. The molecule has 1 aliphatic carbocycles. The molecule has 2 nitrogen and oxygen atoms in total. The SMILES string of the molecule is CC(CN1CCCCC1)NC1CC(c2ccc(Br)cc2)C1. The second-order valence-corrected chi connectivity index (χ2v) is 7.76. The Bertz CT molecular complexity index is 433. The molecule has 1 heterocycles. The normalized spacial score (nSPS) is 28.1. The second-order valence-electron chi connectivity index (χ2n) is 6.85. The van der Waals surface area contributed by atoms with Gasteiger partial charge in [-0.25, -0.2) is 0 Å². The van der Waals surface area contributed by atoms with Gasteiger partial charge in [-0.15, -0.1) is 0 Å². The lowest BCUT2D eigenvalue weighted by Gasteiger charge is -2.39. The highest BCUT2D eigenvalue weighted by atomic mass is 79.9. The first-order valence-corrected chi connectivity index (χ1v) is 9.24. The van der Waals surface area contributed by atoms with E-state index >= 15 is 0 Å². The zero-order valence-electron chi connectivity index (χ0n) is 13.0. The van der Waals surface area contributed by atoms with Crippen molar-refractivity contribution in [2.24, 2.45) is 0 Å². The minimum absolute atomic E-state index is 0.624. The van der Waals surface area contributed by atoms with E-state index in [2.05, 4.69) is 57.3 Å². The Labute approximate surface area is 137 Å². The van der Waals surface area contributed by atoms with E-state index < -0.39 is 0 Å². The molecule has 1 unspecified atom stereocenters. The zero-order chi connectivity index (χ0) is 14.7. The Morgan fingerprint density at radius 1 is 1.14 bits per heavy atom. The predicted octanol–water partition coefficient (Wildman–Crippen LogP) is 4.16. The largest absolute Gasteiger partial charge is 0.310 e. The monoisotopic (exact) mass is 350 g/mol. The van der Waals surface area contributed by atoms with Crippen LogP contribution in [0, 0.1) is 0 Å². The molecule has 1 saturated heterocycles. The van der Waals surface area contributed by atoms with E-state index in [-0.39, 0.29) is 0 Å². The van der Waals surface area contributed by atoms with Gasteiger partial charge in [-0.1, -0.05) is 34.5 Å². The lowest BCUT2D eigenvalue weighted by Crippen LogP contribution is -2.49. The summed E-state index contributed by atoms with van der Waals surface area (Å²) in [6.07, 6.45) is 6.80. The standard InChI is InChI=1S/C18H27BrN2/c1-14(13-21-9-3-2-4-10-21)20-18-11-16(12-18)15-5-7-17(19)8-6-15/h5-8,14,16,18,20H,2-4,9-13H2,1H3. The maximum absolute atomic E-state index is 3.82. The van der Waals surface area contributed by atoms with Crippen LogP contribution in [-0.2, 0) is 0 Å². The molecular formula is C18H27BrN2. The Hall–Kier alpha value is -0.380. The van der Waals surface area contributed by atoms with Gasteiger partial charge >= 0.3 is 0 Å². The maximum atomic E-state index is 3.82. The predicted molar refractivity (Wildman–Crippen MR) is 92.8 cm³/mol. The van der Waals surface area contributed by atoms with Crippen LogP contribution in [0.4, 0.5) is 0 Å². The van der Waals surface area contributed by atoms with Crippen LogP contribution >= 0.6 is 15.9 Å². The lowest BCUT2D eigenvalue weighted by molar-refractivity contribution is 0.187. The number of likely N-dealkylation sites (tertiary alicyclic amines) is 1. The fourth-order valence-electron chi connectivity index (χ4n) is 3.75. The van der Waals surface area contributed by atoms with E-state index in [0.717, 1.165) is 12.0 Å². The van der Waals surface area contributed by atoms with Gasteiger partial charge in [-0.3, -0.25) is 0 Å². The smallest absolute Gasteiger partial charge is 0.0175 e. The van der Waals surface area contributed by atoms with Crippen LogP contribution < -0.4 is 5.32 Å². The maximum Gasteiger partial charge on any atom is 0.0175 e. The molecule has 0 spiro atoms. The third-order valence-corrected chi connectivity index (χ3v) is 5.51. The van der Waals surface area contributed by atoms with Gasteiger partial charge in [0.05, 0.1) is 0 Å². The van der Waals surface area contributed by atoms with Crippen molar-refractivity contribution in [1.29, 1.82) is 0 Å². The quantitative estimate of drug-likeness (QED) is 0.857. The summed E-state index contributed by atoms with van der Waals surface area (Å²) in [5, 5.41) is 3.82. The van der Waals surface area contributed by atoms with Crippen molar-refractivity contribution in [3.63, 3.8) is 0 Å². The summed E-state index contributed by atoms with van der Waals surface area (Å²) < 4.78 is 1.18. The van der Waals surface area contributed by atoms with Crippen molar-refractivity contribution in [3.8, 4) is 0 Å². The minimum atomic E-state index is 0.624. The molecular weight excluding hydrogens is 324 g/mol. The summed E-state index contributed by atoms with van der Waals surface area (Å²) >= 11 is 3.51. The van der Waals surface area contributed by atoms with Crippen molar-refractivity contribution >= 4 is 15.9 Å². The number of halogens is 1. The Kier molecular flexibility index (Phi) is 5.36. The molecule has 1 aromatic carbocycles. The average Bonchev–Trinajstić information content (AvgIpc) is 2.45. The first-order chi connectivity index (χ1) is 10.2. The molecule has 1 atom stereocenters. The van der Waals surface area contributed by atoms with Crippen molar-refractivity contribution in [2.45, 2.75) is 57.0 Å². The fraction of sp³-hybridized carbons (Fsp3) is 0.667. The van der Waals surface area contributed by atoms with Crippen LogP contribution in [0.2, 0.25) is 0 Å². The molecule has 116 valence electrons. The van der Waals surface area contributed by atoms with Crippen molar-refractivity contribution in [3.05, 3.63) is 34.3 Å². The summed E-state index contributed by atoms with van der Waals surface area (Å²) in [5.74, 6) is 0.762. The van der Waals surface area contributed by atoms with Crippen molar-refractivity contribution in [2.75, 3.05) is 19.6 Å². The summed E-state index contributed by atoms with van der Waals surface area (Å²) in [6.45, 7) is 6.18. The minimum Gasteiger partial charge on any atom is -0.310 e. The first kappa shape index (κ1) is 15.5. The molecule has 1 aromatic rings. The molecule has 0 radical (unpaired) electrons. The summed E-state index contributed by atoms with van der Waals surface area (Å²) in [7, 11) is 0. The molecule has 21 heavy (non-hydrogen) atoms. The van der Waals surface area contributed by atoms with E-state index in [1.807, 2.05) is 0 Å². The topological polar surface area (TPSA) is 15.3 Å². The average molecular weight is 351 g/mol. The highest BCUT2D eigenvalue weighted by molar-refractivity contribution is 9.10. The van der Waals surface area contributed by atoms with Crippen LogP contribution in [0.15, 0.2) is 28.7 Å². The van der Waals surface area contributed by atoms with Gasteiger partial charge in [-0.2, -0.15) is 0 Å². The van der Waals surface area contributed by atoms with E-state index in [0.29, 0.717) is 6.04 Å². The van der Waals surface area contributed by atoms with E-state index in [1.165, 1.54) is 61.8 Å². The summed E-state index contributed by atoms with van der Waals surface area (Å²) in [5.41, 5.74) is 1.50. The van der Waals surface area contributed by atoms with Crippen LogP contribution in [0.1, 0.15) is 50.5 Å². The number of piperidine rings is 1. The Morgan fingerprint density at radius 2 is 1.81 bits per heavy atom. The molecule has 2 fully saturated rings. The molecule has 1 saturated carbocycles. The molecule has 3 heteroatoms. The molecule has 1 aliphatic heterocycles. The molecule has 3 rings (SSSR count). The van der Waals surface area contributed by atoms with Gasteiger partial charge in [0.25, 0.3) is 0 Å². The number of nitrogens with zero attached hydrogens (tertiary/aromatic N) is 1. The second kappa shape index (κ2) is 7.26. The highest BCUT2D eigenvalue weighted by Gasteiger charge is 2.31. The summed E-state index contributed by atoms with van der Waals surface area (Å²) in [6, 6.07) is 10.2. The van der Waals surface area contributed by atoms with E-state index in [4.69, 9.17) is 0 Å². The van der Waals surface area contributed by atoms with Crippen LogP contribution in [0.25, 0.3) is 0 Å². The number of benzene rings is 1. The molecule has 2 aliphatic rings. The zero-order valence-corrected chi connectivity index (χ0v) is 14.6. The lowest BCUT2D eigenvalue weighted by atomic mass is 9.75. The number of nitrogens with one attached hydrogen (secondary N) is 1. The third kappa shape index (κ3) is 4.30. The number of rotatable bonds is 5. The molecule has 0 aromatic heterocycles. The summed E-state index contributed by atoms with van der Waals surface area (Å²) in [4.78, 5) is 2.63. The highest BCUT2D eigenvalue weighted by Crippen LogP contribution is 2.37. The van der Waals surface area contributed by atoms with Gasteiger partial charge < -0.3 is 10.2 Å². The van der Waals surface area contributed by atoms with Crippen LogP contribution in [0.5, 0.6) is 0 Å². The van der Waals surface area contributed by atoms with Gasteiger partial charge in [0.15, 0.2) is 0 Å². The van der Waals surface area contributed by atoms with E-state index in [1.54, 1.807) is 0 Å². The third-order valence-electron chi connectivity index (χ3n) is 4.98. The van der Waals surface area contributed by atoms with Gasteiger partial charge in [0, 0.05) is 23.1 Å². The van der Waals surface area contributed by atoms with Gasteiger partial charge in [0.2, 0.25) is 0 Å². The van der Waals surface area contributed by atoms with Crippen LogP contribution in [0.3, 0.4) is 0 Å². The molecule has 0 amide bonds. The number of hydrogen-bond donors (Lipinski definition) is 1. The molecule has 0 bridgehead atoms. The van der Waals surface area contributed by atoms with Gasteiger partial charge in [0.1, 0.15) is 0 Å². The Morgan fingerprint density at radius 3 is 2.48 bits per heavy atom. The van der Waals surface area contributed by atoms with Crippen molar-refractivity contribution < 1.29 is 0 Å². The van der Waals surface area contributed by atoms with Crippen molar-refractivity contribution in [1.82, 2.24) is 10.2 Å². The van der Waals surface area contributed by atoms with E-state index in [9.17, 15) is 0 Å². The first-order valence-electron chi connectivity index (χ1n) is 8.44. The van der Waals surface area contributed by atoms with Crippen LogP contribution in [-0.4, -0.2) is 36.6 Å².